The number of fused-ring (bicyclic) bond motifs is 1. The second kappa shape index (κ2) is 3.90. The van der Waals surface area contributed by atoms with Crippen LogP contribution in [0.3, 0.4) is 0 Å². The highest BCUT2D eigenvalue weighted by atomic mass is 16.7. The summed E-state index contributed by atoms with van der Waals surface area (Å²) in [5, 5.41) is 1.41. The van der Waals surface area contributed by atoms with Crippen molar-refractivity contribution in [3.05, 3.63) is 23.7 Å². The van der Waals surface area contributed by atoms with Gasteiger partial charge in [-0.2, -0.15) is 0 Å². The summed E-state index contributed by atoms with van der Waals surface area (Å²) in [7, 11) is 0. The standard InChI is InChI=1S/C11H13NO3/c1-7(12-2)11(13)8-3-4-9-10(5-8)15-6-14-9/h3-5,7,12H,6H2,1-2H3/t7-/m1/s1/i1D3,2D3,3D,4D,5D,6D2,7D. The minimum absolute atomic E-state index is 0.639. The van der Waals surface area contributed by atoms with Gasteiger partial charge in [-0.05, 0) is 32.0 Å². The van der Waals surface area contributed by atoms with E-state index in [0.717, 1.165) is 0 Å². The number of ether oxygens (including phenoxy) is 2. The fraction of sp³-hybridized carbons (Fsp3) is 0.364. The van der Waals surface area contributed by atoms with E-state index in [0.29, 0.717) is 0 Å². The number of ketones is 1. The third-order valence-corrected chi connectivity index (χ3v) is 1.61. The van der Waals surface area contributed by atoms with Crippen molar-refractivity contribution in [1.29, 1.82) is 0 Å². The Morgan fingerprint density at radius 1 is 1.73 bits per heavy atom. The average molecular weight is 219 g/mol. The van der Waals surface area contributed by atoms with Crippen LogP contribution in [0.25, 0.3) is 0 Å². The van der Waals surface area contributed by atoms with Crippen molar-refractivity contribution in [2.75, 3.05) is 13.7 Å². The summed E-state index contributed by atoms with van der Waals surface area (Å²) < 4.78 is 99.1. The smallest absolute Gasteiger partial charge is 0.231 e. The average Bonchev–Trinajstić information content (AvgIpc) is 2.78. The number of likely N-dealkylation sites (N-methyl/N-ethyl adjacent to an activating group) is 1. The number of hydrogen-bond donors (Lipinski definition) is 1. The molecule has 15 heavy (non-hydrogen) atoms. The first kappa shape index (κ1) is 2.98. The second-order valence-corrected chi connectivity index (χ2v) is 2.52. The first-order valence-corrected chi connectivity index (χ1v) is 3.77. The van der Waals surface area contributed by atoms with Crippen molar-refractivity contribution < 1.29 is 30.7 Å². The molecule has 1 aliphatic rings. The van der Waals surface area contributed by atoms with E-state index in [1.807, 2.05) is 0 Å². The van der Waals surface area contributed by atoms with Gasteiger partial charge in [-0.1, -0.05) is 0 Å². The fourth-order valence-electron chi connectivity index (χ4n) is 0.921. The summed E-state index contributed by atoms with van der Waals surface area (Å²) in [4.78, 5) is 12.8. The lowest BCUT2D eigenvalue weighted by Gasteiger charge is -2.09. The van der Waals surface area contributed by atoms with Crippen molar-refractivity contribution in [3.63, 3.8) is 0 Å². The lowest BCUT2D eigenvalue weighted by atomic mass is 10.1. The Morgan fingerprint density at radius 2 is 2.60 bits per heavy atom. The predicted octanol–water partition coefficient (Wildman–Crippen LogP) is 1.21. The van der Waals surface area contributed by atoms with Crippen LogP contribution in [0.15, 0.2) is 18.1 Å². The van der Waals surface area contributed by atoms with Gasteiger partial charge < -0.3 is 14.8 Å². The molecule has 0 unspecified atom stereocenters. The minimum Gasteiger partial charge on any atom is -0.454 e. The summed E-state index contributed by atoms with van der Waals surface area (Å²) in [6, 6.07) is -6.38. The van der Waals surface area contributed by atoms with E-state index in [1.165, 1.54) is 5.32 Å². The zero-order valence-electron chi connectivity index (χ0n) is 19.2. The van der Waals surface area contributed by atoms with E-state index < -0.39 is 67.6 Å². The van der Waals surface area contributed by atoms with Gasteiger partial charge in [0, 0.05) is 13.8 Å². The van der Waals surface area contributed by atoms with Gasteiger partial charge >= 0.3 is 0 Å². The molecular formula is C11H13NO3. The number of carbonyl (C=O) groups excluding carboxylic acids is 1. The molecule has 1 atom stereocenters. The SMILES string of the molecule is [2H]c1c([2H])c(C(=O)[C@]([2H])(NC([2H])([2H])[2H])C([2H])([2H])[2H])c([2H])c2c1OC([2H])([2H])O2. The molecule has 0 radical (unpaired) electrons. The first-order valence-electron chi connectivity index (χ1n) is 9.77. The Bertz CT molecular complexity index is 801. The molecule has 0 saturated heterocycles. The van der Waals surface area contributed by atoms with Crippen LogP contribution in [-0.2, 0) is 0 Å². The third-order valence-electron chi connectivity index (χ3n) is 1.61. The quantitative estimate of drug-likeness (QED) is 0.776. The maximum absolute atomic E-state index is 12.8. The molecular weight excluding hydrogens is 194 g/mol. The van der Waals surface area contributed by atoms with Crippen molar-refractivity contribution in [2.24, 2.45) is 0 Å². The molecule has 0 aromatic heterocycles. The Morgan fingerprint density at radius 3 is 3.40 bits per heavy atom. The zero-order valence-corrected chi connectivity index (χ0v) is 7.22. The molecule has 1 N–H and O–H groups in total. The Hall–Kier alpha value is -1.55. The molecule has 4 nitrogen and oxygen atoms in total. The molecule has 0 amide bonds. The lowest BCUT2D eigenvalue weighted by Crippen LogP contribution is -2.30. The van der Waals surface area contributed by atoms with Gasteiger partial charge in [0.1, 0.15) is 2.74 Å². The number of carbonyl (C=O) groups is 1. The minimum atomic E-state index is -3.52. The van der Waals surface area contributed by atoms with Crippen LogP contribution in [0.4, 0.5) is 0 Å². The predicted molar refractivity (Wildman–Crippen MR) is 55.4 cm³/mol. The number of hydrogen-bond acceptors (Lipinski definition) is 4. The normalized spacial score (nSPS) is 33.9. The molecule has 0 saturated carbocycles. The van der Waals surface area contributed by atoms with Gasteiger partial charge in [-0.15, -0.1) is 0 Å². The van der Waals surface area contributed by atoms with E-state index in [9.17, 15) is 4.79 Å². The molecule has 0 aliphatic carbocycles. The monoisotopic (exact) mass is 219 g/mol. The third kappa shape index (κ3) is 1.80. The van der Waals surface area contributed by atoms with Gasteiger partial charge in [-0.25, -0.2) is 0 Å². The highest BCUT2D eigenvalue weighted by Crippen LogP contribution is 2.32. The second-order valence-electron chi connectivity index (χ2n) is 2.52. The molecule has 1 aromatic carbocycles. The van der Waals surface area contributed by atoms with Crippen LogP contribution >= 0.6 is 0 Å². The van der Waals surface area contributed by atoms with Crippen LogP contribution in [-0.4, -0.2) is 25.5 Å². The topological polar surface area (TPSA) is 47.6 Å². The van der Waals surface area contributed by atoms with Crippen LogP contribution in [0.1, 0.15) is 33.7 Å². The molecule has 1 aliphatic heterocycles. The molecule has 0 fully saturated rings. The van der Waals surface area contributed by atoms with Crippen molar-refractivity contribution in [3.8, 4) is 11.5 Å². The van der Waals surface area contributed by atoms with Crippen molar-refractivity contribution >= 4 is 5.78 Å². The van der Waals surface area contributed by atoms with E-state index in [1.54, 1.807) is 0 Å². The number of Topliss-reactive ketones (excluding diaryl/α,β-unsaturated/α-hetero) is 1. The van der Waals surface area contributed by atoms with Gasteiger partial charge in [0.25, 0.3) is 0 Å². The lowest BCUT2D eigenvalue weighted by molar-refractivity contribution is 0.0954. The van der Waals surface area contributed by atoms with Gasteiger partial charge in [0.2, 0.25) is 6.75 Å². The molecule has 4 heteroatoms. The Balaban J connectivity index is 2.71. The summed E-state index contributed by atoms with van der Waals surface area (Å²) in [5.41, 5.74) is -1.08. The number of rotatable bonds is 3. The van der Waals surface area contributed by atoms with Gasteiger partial charge in [-0.3, -0.25) is 4.79 Å². The Labute approximate surface area is 105 Å². The summed E-state index contributed by atoms with van der Waals surface area (Å²) in [6.45, 7) is -9.54. The molecule has 1 aromatic rings. The maximum atomic E-state index is 12.8. The largest absolute Gasteiger partial charge is 0.454 e. The molecule has 0 bridgehead atoms. The van der Waals surface area contributed by atoms with E-state index >= 15 is 0 Å². The summed E-state index contributed by atoms with van der Waals surface area (Å²) in [6.07, 6.45) is 0. The van der Waals surface area contributed by atoms with Crippen molar-refractivity contribution in [1.82, 2.24) is 5.32 Å². The Kier molecular flexibility index (Phi) is 0.775. The number of nitrogens with one attached hydrogen (secondary N) is 1. The van der Waals surface area contributed by atoms with Gasteiger partial charge in [0.15, 0.2) is 17.3 Å². The van der Waals surface area contributed by atoms with Crippen LogP contribution in [0.2, 0.25) is 0 Å². The number of benzene rings is 1. The zero-order chi connectivity index (χ0) is 21.2. The van der Waals surface area contributed by atoms with Crippen LogP contribution in [0.5, 0.6) is 11.5 Å². The summed E-state index contributed by atoms with van der Waals surface area (Å²) in [5.74, 6) is -3.15. The molecule has 80 valence electrons. The van der Waals surface area contributed by atoms with Crippen molar-refractivity contribution in [2.45, 2.75) is 12.9 Å². The van der Waals surface area contributed by atoms with E-state index in [4.69, 9.17) is 16.4 Å². The first-order chi connectivity index (χ1) is 11.9. The molecule has 1 heterocycles. The van der Waals surface area contributed by atoms with Crippen LogP contribution in [0, 0.1) is 0 Å². The maximum Gasteiger partial charge on any atom is 0.231 e. The van der Waals surface area contributed by atoms with E-state index in [-0.39, 0.29) is 0 Å². The molecule has 0 spiro atoms. The van der Waals surface area contributed by atoms with Crippen LogP contribution < -0.4 is 14.8 Å². The van der Waals surface area contributed by atoms with Gasteiger partial charge in [0.05, 0.1) is 11.5 Å². The molecule has 2 rings (SSSR count). The van der Waals surface area contributed by atoms with E-state index in [2.05, 4.69) is 9.47 Å². The summed E-state index contributed by atoms with van der Waals surface area (Å²) >= 11 is 0. The highest BCUT2D eigenvalue weighted by molar-refractivity contribution is 6.00. The fourth-order valence-corrected chi connectivity index (χ4v) is 0.921. The highest BCUT2D eigenvalue weighted by Gasteiger charge is 2.18.